The first-order valence-corrected chi connectivity index (χ1v) is 9.76. The van der Waals surface area contributed by atoms with E-state index in [2.05, 4.69) is 16.2 Å². The van der Waals surface area contributed by atoms with Crippen LogP contribution in [-0.4, -0.2) is 28.5 Å². The fourth-order valence-electron chi connectivity index (χ4n) is 2.63. The number of nitrogens with zero attached hydrogens (tertiary/aromatic N) is 1. The first-order valence-electron chi connectivity index (χ1n) is 9.35. The first kappa shape index (κ1) is 22.4. The topological polar surface area (TPSA) is 123 Å². The van der Waals surface area contributed by atoms with E-state index in [9.17, 15) is 19.7 Å². The molecule has 3 aromatic rings. The SMILES string of the molecule is O=C(COc1ccc([N+](=O)[O-])cc1)NNC(=S)NC(=O)c1ccc(-c2ccccc2)cc1. The normalized spacial score (nSPS) is 10.0. The van der Waals surface area contributed by atoms with Crippen molar-refractivity contribution in [3.05, 3.63) is 94.5 Å². The molecule has 3 aromatic carbocycles. The molecule has 9 nitrogen and oxygen atoms in total. The quantitative estimate of drug-likeness (QED) is 0.300. The summed E-state index contributed by atoms with van der Waals surface area (Å²) in [6.07, 6.45) is 0. The zero-order valence-electron chi connectivity index (χ0n) is 16.6. The van der Waals surface area contributed by atoms with Crippen molar-refractivity contribution in [3.8, 4) is 16.9 Å². The monoisotopic (exact) mass is 450 g/mol. The third-order valence-corrected chi connectivity index (χ3v) is 4.42. The summed E-state index contributed by atoms with van der Waals surface area (Å²) in [7, 11) is 0. The number of nitro benzene ring substituents is 1. The summed E-state index contributed by atoms with van der Waals surface area (Å²) >= 11 is 5.00. The van der Waals surface area contributed by atoms with Gasteiger partial charge in [0.25, 0.3) is 17.5 Å². The summed E-state index contributed by atoms with van der Waals surface area (Å²) in [5, 5.41) is 13.0. The van der Waals surface area contributed by atoms with E-state index in [1.54, 1.807) is 12.1 Å². The molecule has 0 aromatic heterocycles. The summed E-state index contributed by atoms with van der Waals surface area (Å²) in [4.78, 5) is 34.2. The van der Waals surface area contributed by atoms with Gasteiger partial charge in [0.15, 0.2) is 11.7 Å². The molecule has 32 heavy (non-hydrogen) atoms. The highest BCUT2D eigenvalue weighted by molar-refractivity contribution is 7.80. The number of benzene rings is 3. The molecule has 0 aliphatic carbocycles. The maximum Gasteiger partial charge on any atom is 0.276 e. The number of nitrogens with one attached hydrogen (secondary N) is 3. The minimum absolute atomic E-state index is 0.0840. The van der Waals surface area contributed by atoms with Gasteiger partial charge in [0, 0.05) is 17.7 Å². The molecule has 2 amide bonds. The van der Waals surface area contributed by atoms with Crippen molar-refractivity contribution in [2.75, 3.05) is 6.61 Å². The molecule has 0 radical (unpaired) electrons. The highest BCUT2D eigenvalue weighted by Crippen LogP contribution is 2.19. The van der Waals surface area contributed by atoms with E-state index >= 15 is 0 Å². The number of hydrogen-bond acceptors (Lipinski definition) is 6. The van der Waals surface area contributed by atoms with E-state index in [4.69, 9.17) is 17.0 Å². The van der Waals surface area contributed by atoms with Crippen molar-refractivity contribution in [2.45, 2.75) is 0 Å². The Bertz CT molecular complexity index is 1120. The lowest BCUT2D eigenvalue weighted by Crippen LogP contribution is -2.49. The van der Waals surface area contributed by atoms with Gasteiger partial charge in [-0.15, -0.1) is 0 Å². The fraction of sp³-hybridized carbons (Fsp3) is 0.0455. The van der Waals surface area contributed by atoms with Gasteiger partial charge < -0.3 is 4.74 Å². The largest absolute Gasteiger partial charge is 0.484 e. The van der Waals surface area contributed by atoms with Crippen LogP contribution in [0.15, 0.2) is 78.9 Å². The highest BCUT2D eigenvalue weighted by atomic mass is 32.1. The zero-order chi connectivity index (χ0) is 22.9. The van der Waals surface area contributed by atoms with Gasteiger partial charge in [-0.3, -0.25) is 35.9 Å². The van der Waals surface area contributed by atoms with Gasteiger partial charge in [0.1, 0.15) is 5.75 Å². The predicted molar refractivity (Wildman–Crippen MR) is 122 cm³/mol. The number of rotatable bonds is 6. The van der Waals surface area contributed by atoms with Crippen molar-refractivity contribution >= 4 is 34.8 Å². The second kappa shape index (κ2) is 10.6. The minimum Gasteiger partial charge on any atom is -0.484 e. The van der Waals surface area contributed by atoms with E-state index in [0.717, 1.165) is 11.1 Å². The second-order valence-corrected chi connectivity index (χ2v) is 6.85. The fourth-order valence-corrected chi connectivity index (χ4v) is 2.77. The third-order valence-electron chi connectivity index (χ3n) is 4.21. The number of thiocarbonyl (C=S) groups is 1. The molecule has 0 spiro atoms. The number of carbonyl (C=O) groups excluding carboxylic acids is 2. The maximum absolute atomic E-state index is 12.3. The number of non-ortho nitro benzene ring substituents is 1. The van der Waals surface area contributed by atoms with E-state index in [-0.39, 0.29) is 17.4 Å². The molecule has 0 saturated carbocycles. The average Bonchev–Trinajstić information content (AvgIpc) is 2.82. The van der Waals surface area contributed by atoms with Crippen LogP contribution in [0.2, 0.25) is 0 Å². The van der Waals surface area contributed by atoms with Crippen LogP contribution >= 0.6 is 12.2 Å². The van der Waals surface area contributed by atoms with Crippen molar-refractivity contribution in [3.63, 3.8) is 0 Å². The number of amides is 2. The Labute approximate surface area is 188 Å². The summed E-state index contributed by atoms with van der Waals surface area (Å²) in [6.45, 7) is -0.359. The molecule has 0 aliphatic rings. The van der Waals surface area contributed by atoms with Crippen LogP contribution in [0.5, 0.6) is 5.75 Å². The number of hydrogen-bond donors (Lipinski definition) is 3. The molecule has 0 aliphatic heterocycles. The van der Waals surface area contributed by atoms with Crippen molar-refractivity contribution in [1.29, 1.82) is 0 Å². The molecule has 0 unspecified atom stereocenters. The highest BCUT2D eigenvalue weighted by Gasteiger charge is 2.10. The van der Waals surface area contributed by atoms with Gasteiger partial charge in [-0.2, -0.15) is 0 Å². The predicted octanol–water partition coefficient (Wildman–Crippen LogP) is 2.98. The number of nitro groups is 1. The first-order chi connectivity index (χ1) is 15.4. The molecule has 0 atom stereocenters. The van der Waals surface area contributed by atoms with Gasteiger partial charge in [0.2, 0.25) is 0 Å². The van der Waals surface area contributed by atoms with Gasteiger partial charge in [-0.05, 0) is 47.6 Å². The molecular weight excluding hydrogens is 432 g/mol. The van der Waals surface area contributed by atoms with Crippen LogP contribution < -0.4 is 20.9 Å². The van der Waals surface area contributed by atoms with Crippen molar-refractivity contribution in [2.24, 2.45) is 0 Å². The lowest BCUT2D eigenvalue weighted by Gasteiger charge is -2.11. The molecule has 3 N–H and O–H groups in total. The van der Waals surface area contributed by atoms with Crippen LogP contribution in [0.4, 0.5) is 5.69 Å². The molecule has 162 valence electrons. The van der Waals surface area contributed by atoms with Crippen LogP contribution in [0.3, 0.4) is 0 Å². The molecule has 0 saturated heterocycles. The zero-order valence-corrected chi connectivity index (χ0v) is 17.4. The van der Waals surface area contributed by atoms with Crippen molar-refractivity contribution < 1.29 is 19.2 Å². The molecule has 3 rings (SSSR count). The second-order valence-electron chi connectivity index (χ2n) is 6.44. The Morgan fingerprint density at radius 1 is 0.875 bits per heavy atom. The smallest absolute Gasteiger partial charge is 0.276 e. The number of ether oxygens (including phenoxy) is 1. The van der Waals surface area contributed by atoms with Crippen molar-refractivity contribution in [1.82, 2.24) is 16.2 Å². The summed E-state index contributed by atoms with van der Waals surface area (Å²) < 4.78 is 5.23. The lowest BCUT2D eigenvalue weighted by molar-refractivity contribution is -0.384. The van der Waals surface area contributed by atoms with Gasteiger partial charge in [-0.1, -0.05) is 42.5 Å². The van der Waals surface area contributed by atoms with E-state index in [1.807, 2.05) is 42.5 Å². The Morgan fingerprint density at radius 2 is 1.50 bits per heavy atom. The lowest BCUT2D eigenvalue weighted by atomic mass is 10.0. The Kier molecular flexibility index (Phi) is 7.44. The maximum atomic E-state index is 12.3. The summed E-state index contributed by atoms with van der Waals surface area (Å²) in [6, 6.07) is 22.1. The van der Waals surface area contributed by atoms with E-state index < -0.39 is 16.7 Å². The van der Waals surface area contributed by atoms with Crippen LogP contribution in [-0.2, 0) is 4.79 Å². The number of hydrazine groups is 1. The molecule has 0 fully saturated rings. The Morgan fingerprint density at radius 3 is 2.12 bits per heavy atom. The Balaban J connectivity index is 1.42. The van der Waals surface area contributed by atoms with E-state index in [1.165, 1.54) is 24.3 Å². The minimum atomic E-state index is -0.563. The summed E-state index contributed by atoms with van der Waals surface area (Å²) in [5.74, 6) is -0.703. The third kappa shape index (κ3) is 6.34. The van der Waals surface area contributed by atoms with Gasteiger partial charge in [0.05, 0.1) is 4.92 Å². The van der Waals surface area contributed by atoms with Gasteiger partial charge in [-0.25, -0.2) is 0 Å². The van der Waals surface area contributed by atoms with Crippen LogP contribution in [0.25, 0.3) is 11.1 Å². The Hall–Kier alpha value is -4.31. The molecule has 10 heteroatoms. The van der Waals surface area contributed by atoms with Crippen LogP contribution in [0.1, 0.15) is 10.4 Å². The van der Waals surface area contributed by atoms with E-state index in [0.29, 0.717) is 11.3 Å². The molecule has 0 heterocycles. The molecule has 0 bridgehead atoms. The van der Waals surface area contributed by atoms with Crippen LogP contribution in [0, 0.1) is 10.1 Å². The summed E-state index contributed by atoms with van der Waals surface area (Å²) in [5.41, 5.74) is 7.04. The average molecular weight is 450 g/mol. The standard InChI is InChI=1S/C22H18N4O5S/c27-20(14-31-19-12-10-18(11-13-19)26(29)30)24-25-22(32)23-21(28)17-8-6-16(7-9-17)15-4-2-1-3-5-15/h1-13H,14H2,(H,24,27)(H2,23,25,28,32). The molecular formula is C22H18N4O5S. The number of carbonyl (C=O) groups is 2. The van der Waals surface area contributed by atoms with Gasteiger partial charge >= 0.3 is 0 Å².